The summed E-state index contributed by atoms with van der Waals surface area (Å²) >= 11 is 0. The molecule has 1 aliphatic rings. The van der Waals surface area contributed by atoms with Crippen LogP contribution < -0.4 is 5.73 Å². The van der Waals surface area contributed by atoms with Gasteiger partial charge in [0, 0.05) is 13.0 Å². The molecule has 0 fully saturated rings. The summed E-state index contributed by atoms with van der Waals surface area (Å²) in [5, 5.41) is 0. The largest absolute Gasteiger partial charge is 0.459 e. The van der Waals surface area contributed by atoms with Crippen LogP contribution in [0.4, 0.5) is 0 Å². The summed E-state index contributed by atoms with van der Waals surface area (Å²) in [6.07, 6.45) is 1.88. The number of rotatable bonds is 2. The van der Waals surface area contributed by atoms with E-state index in [-0.39, 0.29) is 11.7 Å². The van der Waals surface area contributed by atoms with Gasteiger partial charge in [0.2, 0.25) is 5.91 Å². The van der Waals surface area contributed by atoms with Crippen LogP contribution >= 0.6 is 0 Å². The highest BCUT2D eigenvalue weighted by molar-refractivity contribution is 5.95. The van der Waals surface area contributed by atoms with Gasteiger partial charge in [0.15, 0.2) is 5.76 Å². The zero-order valence-corrected chi connectivity index (χ0v) is 10.8. The maximum absolute atomic E-state index is 12.4. The molecule has 0 spiro atoms. The Hall–Kier alpha value is -2.56. The van der Waals surface area contributed by atoms with Gasteiger partial charge in [-0.25, -0.2) is 0 Å². The third-order valence-electron chi connectivity index (χ3n) is 3.57. The minimum atomic E-state index is -0.637. The van der Waals surface area contributed by atoms with Crippen LogP contribution in [-0.4, -0.2) is 22.8 Å². The highest BCUT2D eigenvalue weighted by atomic mass is 16.3. The number of amides is 2. The molecular formula is C15H14N2O3. The van der Waals surface area contributed by atoms with Gasteiger partial charge >= 0.3 is 0 Å². The molecule has 20 heavy (non-hydrogen) atoms. The molecule has 2 aromatic rings. The fraction of sp³-hybridized carbons (Fsp3) is 0.200. The second kappa shape index (κ2) is 4.85. The van der Waals surface area contributed by atoms with Crippen molar-refractivity contribution in [3.05, 3.63) is 59.5 Å². The molecule has 1 atom stereocenters. The second-order valence-corrected chi connectivity index (χ2v) is 4.80. The molecule has 0 unspecified atom stereocenters. The SMILES string of the molecule is NC(=O)[C@H]1Cc2ccccc2CN1C(=O)c1ccco1. The molecule has 1 aliphatic heterocycles. The lowest BCUT2D eigenvalue weighted by Crippen LogP contribution is -2.51. The lowest BCUT2D eigenvalue weighted by Gasteiger charge is -2.34. The van der Waals surface area contributed by atoms with Crippen LogP contribution in [0.25, 0.3) is 0 Å². The van der Waals surface area contributed by atoms with Crippen molar-refractivity contribution in [1.82, 2.24) is 4.90 Å². The molecule has 0 saturated heterocycles. The van der Waals surface area contributed by atoms with Gasteiger partial charge in [-0.15, -0.1) is 0 Å². The summed E-state index contributed by atoms with van der Waals surface area (Å²) in [6.45, 7) is 0.364. The number of carbonyl (C=O) groups excluding carboxylic acids is 2. The van der Waals surface area contributed by atoms with Gasteiger partial charge in [0.05, 0.1) is 6.26 Å². The molecule has 0 radical (unpaired) electrons. The van der Waals surface area contributed by atoms with Crippen molar-refractivity contribution in [2.24, 2.45) is 5.73 Å². The van der Waals surface area contributed by atoms with Crippen molar-refractivity contribution in [1.29, 1.82) is 0 Å². The van der Waals surface area contributed by atoms with Crippen molar-refractivity contribution in [2.75, 3.05) is 0 Å². The van der Waals surface area contributed by atoms with E-state index in [0.29, 0.717) is 13.0 Å². The molecule has 5 nitrogen and oxygen atoms in total. The molecule has 2 N–H and O–H groups in total. The highest BCUT2D eigenvalue weighted by Crippen LogP contribution is 2.24. The van der Waals surface area contributed by atoms with Crippen molar-refractivity contribution < 1.29 is 14.0 Å². The predicted molar refractivity (Wildman–Crippen MR) is 71.7 cm³/mol. The van der Waals surface area contributed by atoms with Crippen molar-refractivity contribution in [3.63, 3.8) is 0 Å². The Balaban J connectivity index is 1.96. The third-order valence-corrected chi connectivity index (χ3v) is 3.57. The average Bonchev–Trinajstić information content (AvgIpc) is 2.99. The van der Waals surface area contributed by atoms with Crippen molar-refractivity contribution in [2.45, 2.75) is 19.0 Å². The summed E-state index contributed by atoms with van der Waals surface area (Å²) in [5.74, 6) is -0.594. The van der Waals surface area contributed by atoms with E-state index >= 15 is 0 Å². The predicted octanol–water partition coefficient (Wildman–Crippen LogP) is 1.33. The number of nitrogens with zero attached hydrogens (tertiary/aromatic N) is 1. The van der Waals surface area contributed by atoms with Crippen LogP contribution in [0.2, 0.25) is 0 Å². The highest BCUT2D eigenvalue weighted by Gasteiger charge is 2.34. The maximum atomic E-state index is 12.4. The molecule has 0 bridgehead atoms. The summed E-state index contributed by atoms with van der Waals surface area (Å²) < 4.78 is 5.12. The summed E-state index contributed by atoms with van der Waals surface area (Å²) in [6, 6.07) is 10.3. The number of benzene rings is 1. The number of hydrogen-bond acceptors (Lipinski definition) is 3. The fourth-order valence-corrected chi connectivity index (χ4v) is 2.53. The van der Waals surface area contributed by atoms with Gasteiger partial charge in [0.1, 0.15) is 6.04 Å². The maximum Gasteiger partial charge on any atom is 0.290 e. The Labute approximate surface area is 116 Å². The number of fused-ring (bicyclic) bond motifs is 1. The van der Waals surface area contributed by atoms with Crippen LogP contribution in [0.15, 0.2) is 47.1 Å². The fourth-order valence-electron chi connectivity index (χ4n) is 2.53. The monoisotopic (exact) mass is 270 g/mol. The van der Waals surface area contributed by atoms with Crippen molar-refractivity contribution in [3.8, 4) is 0 Å². The summed E-state index contributed by atoms with van der Waals surface area (Å²) in [7, 11) is 0. The summed E-state index contributed by atoms with van der Waals surface area (Å²) in [4.78, 5) is 25.5. The first-order valence-electron chi connectivity index (χ1n) is 6.37. The molecule has 5 heteroatoms. The topological polar surface area (TPSA) is 76.5 Å². The molecular weight excluding hydrogens is 256 g/mol. The number of carbonyl (C=O) groups is 2. The smallest absolute Gasteiger partial charge is 0.290 e. The molecule has 2 heterocycles. The minimum Gasteiger partial charge on any atom is -0.459 e. The van der Waals surface area contributed by atoms with Crippen LogP contribution in [0, 0.1) is 0 Å². The number of primary amides is 1. The second-order valence-electron chi connectivity index (χ2n) is 4.80. The van der Waals surface area contributed by atoms with Gasteiger partial charge in [-0.05, 0) is 23.3 Å². The Morgan fingerprint density at radius 1 is 1.15 bits per heavy atom. The standard InChI is InChI=1S/C15H14N2O3/c16-14(18)12-8-10-4-1-2-5-11(10)9-17(12)15(19)13-6-3-7-20-13/h1-7,12H,8-9H2,(H2,16,18)/t12-/m1/s1. The zero-order valence-electron chi connectivity index (χ0n) is 10.8. The van der Waals surface area contributed by atoms with Gasteiger partial charge in [-0.1, -0.05) is 24.3 Å². The van der Waals surface area contributed by atoms with E-state index in [9.17, 15) is 9.59 Å². The molecule has 3 rings (SSSR count). The van der Waals surface area contributed by atoms with Crippen LogP contribution in [0.1, 0.15) is 21.7 Å². The van der Waals surface area contributed by atoms with E-state index in [1.165, 1.54) is 11.2 Å². The number of nitrogens with two attached hydrogens (primary N) is 1. The van der Waals surface area contributed by atoms with E-state index in [1.54, 1.807) is 12.1 Å². The Bertz CT molecular complexity index is 649. The summed E-state index contributed by atoms with van der Waals surface area (Å²) in [5.41, 5.74) is 7.53. The Kier molecular flexibility index (Phi) is 3.02. The normalized spacial score (nSPS) is 17.6. The van der Waals surface area contributed by atoms with Crippen LogP contribution in [0.5, 0.6) is 0 Å². The van der Waals surface area contributed by atoms with Crippen LogP contribution in [-0.2, 0) is 17.8 Å². The van der Waals surface area contributed by atoms with E-state index in [2.05, 4.69) is 0 Å². The van der Waals surface area contributed by atoms with Gasteiger partial charge in [0.25, 0.3) is 5.91 Å². The third kappa shape index (κ3) is 2.07. The van der Waals surface area contributed by atoms with E-state index in [0.717, 1.165) is 11.1 Å². The molecule has 1 aromatic heterocycles. The zero-order chi connectivity index (χ0) is 14.1. The quantitative estimate of drug-likeness (QED) is 0.894. The lowest BCUT2D eigenvalue weighted by molar-refractivity contribution is -0.122. The number of hydrogen-bond donors (Lipinski definition) is 1. The lowest BCUT2D eigenvalue weighted by atomic mass is 9.93. The Morgan fingerprint density at radius 3 is 2.55 bits per heavy atom. The van der Waals surface area contributed by atoms with E-state index < -0.39 is 11.9 Å². The Morgan fingerprint density at radius 2 is 1.90 bits per heavy atom. The minimum absolute atomic E-state index is 0.218. The van der Waals surface area contributed by atoms with E-state index in [1.807, 2.05) is 24.3 Å². The van der Waals surface area contributed by atoms with Gasteiger partial charge in [-0.2, -0.15) is 0 Å². The molecule has 102 valence electrons. The van der Waals surface area contributed by atoms with Crippen LogP contribution in [0.3, 0.4) is 0 Å². The van der Waals surface area contributed by atoms with Gasteiger partial charge in [-0.3, -0.25) is 9.59 Å². The molecule has 2 amide bonds. The van der Waals surface area contributed by atoms with E-state index in [4.69, 9.17) is 10.2 Å². The van der Waals surface area contributed by atoms with Crippen molar-refractivity contribution >= 4 is 11.8 Å². The first-order chi connectivity index (χ1) is 9.66. The first-order valence-corrected chi connectivity index (χ1v) is 6.37. The molecule has 0 saturated carbocycles. The average molecular weight is 270 g/mol. The van der Waals surface area contributed by atoms with Gasteiger partial charge < -0.3 is 15.1 Å². The number of furan rings is 1. The first kappa shape index (κ1) is 12.5. The molecule has 1 aromatic carbocycles. The molecule has 0 aliphatic carbocycles.